The second-order valence-electron chi connectivity index (χ2n) is 4.90. The average molecular weight is 183 g/mol. The van der Waals surface area contributed by atoms with E-state index in [1.54, 1.807) is 6.42 Å². The van der Waals surface area contributed by atoms with E-state index in [1.807, 2.05) is 0 Å². The van der Waals surface area contributed by atoms with Gasteiger partial charge < -0.3 is 5.32 Å². The van der Waals surface area contributed by atoms with Crippen LogP contribution in [0.15, 0.2) is 0 Å². The first-order valence-corrected chi connectivity index (χ1v) is 6.35. The number of hydrogen-bond donors (Lipinski definition) is 1. The minimum absolute atomic E-state index is 0.592. The first kappa shape index (κ1) is 7.69. The van der Waals surface area contributed by atoms with Gasteiger partial charge in [0.1, 0.15) is 0 Å². The highest BCUT2D eigenvalue weighted by atomic mass is 32.2. The van der Waals surface area contributed by atoms with E-state index in [9.17, 15) is 0 Å². The predicted octanol–water partition coefficient (Wildman–Crippen LogP) is 2.23. The fraction of sp³-hybridized carbons (Fsp3) is 1.00. The summed E-state index contributed by atoms with van der Waals surface area (Å²) in [6.07, 6.45) is 7.57. The number of fused-ring (bicyclic) bond motifs is 2. The molecule has 12 heavy (non-hydrogen) atoms. The van der Waals surface area contributed by atoms with Crippen LogP contribution < -0.4 is 5.32 Å². The number of nitrogens with one attached hydrogen (secondary N) is 1. The Kier molecular flexibility index (Phi) is 1.70. The van der Waals surface area contributed by atoms with Crippen LogP contribution in [-0.2, 0) is 0 Å². The van der Waals surface area contributed by atoms with Gasteiger partial charge in [-0.2, -0.15) is 0 Å². The molecule has 2 unspecified atom stereocenters. The van der Waals surface area contributed by atoms with Gasteiger partial charge in [-0.15, -0.1) is 11.8 Å². The summed E-state index contributed by atoms with van der Waals surface area (Å²) in [5.41, 5.74) is 0.592. The zero-order chi connectivity index (χ0) is 8.02. The Hall–Kier alpha value is 0.310. The third-order valence-electron chi connectivity index (χ3n) is 3.94. The average Bonchev–Trinajstić information content (AvgIpc) is 2.60. The van der Waals surface area contributed by atoms with Crippen LogP contribution >= 0.6 is 11.8 Å². The fourth-order valence-corrected chi connectivity index (χ4v) is 4.74. The molecular weight excluding hydrogens is 166 g/mol. The van der Waals surface area contributed by atoms with E-state index in [1.165, 1.54) is 37.3 Å². The highest BCUT2D eigenvalue weighted by molar-refractivity contribution is 7.99. The van der Waals surface area contributed by atoms with Crippen LogP contribution in [-0.4, -0.2) is 17.2 Å². The summed E-state index contributed by atoms with van der Waals surface area (Å²) in [6, 6.07) is 0. The molecule has 1 heterocycles. The van der Waals surface area contributed by atoms with E-state index >= 15 is 0 Å². The molecule has 2 heteroatoms. The second-order valence-corrected chi connectivity index (χ2v) is 5.89. The maximum Gasteiger partial charge on any atom is 0.0423 e. The minimum atomic E-state index is 0.592. The topological polar surface area (TPSA) is 12.0 Å². The van der Waals surface area contributed by atoms with Crippen molar-refractivity contribution in [3.05, 3.63) is 0 Å². The highest BCUT2D eigenvalue weighted by Crippen LogP contribution is 2.48. The maximum absolute atomic E-state index is 3.74. The molecule has 1 spiro atoms. The van der Waals surface area contributed by atoms with Crippen LogP contribution in [0.4, 0.5) is 0 Å². The smallest absolute Gasteiger partial charge is 0.0423 e. The van der Waals surface area contributed by atoms with Crippen molar-refractivity contribution in [3.63, 3.8) is 0 Å². The van der Waals surface area contributed by atoms with Gasteiger partial charge in [-0.25, -0.2) is 0 Å². The molecule has 2 aliphatic carbocycles. The lowest BCUT2D eigenvalue weighted by molar-refractivity contribution is 0.210. The van der Waals surface area contributed by atoms with E-state index in [2.05, 4.69) is 17.1 Å². The molecule has 0 radical (unpaired) electrons. The number of hydrogen-bond acceptors (Lipinski definition) is 2. The standard InChI is InChI=1S/C10H17NS/c1-2-9-3-8(1)4-10(5-9)6-12-7-11-10/h8-9,11H,1-7H2. The lowest BCUT2D eigenvalue weighted by Gasteiger charge is -2.37. The van der Waals surface area contributed by atoms with Crippen molar-refractivity contribution < 1.29 is 0 Å². The van der Waals surface area contributed by atoms with Crippen LogP contribution in [0.25, 0.3) is 0 Å². The third-order valence-corrected chi connectivity index (χ3v) is 5.04. The molecule has 2 bridgehead atoms. The summed E-state index contributed by atoms with van der Waals surface area (Å²) < 4.78 is 0. The number of rotatable bonds is 0. The summed E-state index contributed by atoms with van der Waals surface area (Å²) in [5.74, 6) is 4.75. The molecule has 68 valence electrons. The van der Waals surface area contributed by atoms with Crippen molar-refractivity contribution in [2.24, 2.45) is 11.8 Å². The van der Waals surface area contributed by atoms with Crippen molar-refractivity contribution in [1.82, 2.24) is 5.32 Å². The third kappa shape index (κ3) is 1.12. The first-order chi connectivity index (χ1) is 5.86. The van der Waals surface area contributed by atoms with Crippen molar-refractivity contribution in [3.8, 4) is 0 Å². The summed E-state index contributed by atoms with van der Waals surface area (Å²) in [7, 11) is 0. The molecule has 0 amide bonds. The summed E-state index contributed by atoms with van der Waals surface area (Å²) in [4.78, 5) is 0. The Morgan fingerprint density at radius 2 is 1.92 bits per heavy atom. The van der Waals surface area contributed by atoms with E-state index in [0.29, 0.717) is 5.54 Å². The van der Waals surface area contributed by atoms with E-state index in [0.717, 1.165) is 11.8 Å². The first-order valence-electron chi connectivity index (χ1n) is 5.19. The summed E-state index contributed by atoms with van der Waals surface area (Å²) in [5, 5.41) is 3.74. The zero-order valence-electron chi connectivity index (χ0n) is 7.51. The minimum Gasteiger partial charge on any atom is -0.301 e. The molecule has 0 aromatic rings. The van der Waals surface area contributed by atoms with Gasteiger partial charge in [0.2, 0.25) is 0 Å². The Bertz CT molecular complexity index is 172. The van der Waals surface area contributed by atoms with Crippen molar-refractivity contribution in [2.45, 2.75) is 37.6 Å². The molecule has 0 aromatic heterocycles. The monoisotopic (exact) mass is 183 g/mol. The summed E-state index contributed by atoms with van der Waals surface area (Å²) in [6.45, 7) is 0. The van der Waals surface area contributed by atoms with Crippen LogP contribution in [0.5, 0.6) is 0 Å². The second kappa shape index (κ2) is 2.65. The molecule has 1 saturated heterocycles. The van der Waals surface area contributed by atoms with Gasteiger partial charge in [0.15, 0.2) is 0 Å². The van der Waals surface area contributed by atoms with Gasteiger partial charge >= 0.3 is 0 Å². The Labute approximate surface area is 78.7 Å². The van der Waals surface area contributed by atoms with Crippen molar-refractivity contribution in [1.29, 1.82) is 0 Å². The van der Waals surface area contributed by atoms with Gasteiger partial charge in [-0.05, 0) is 31.1 Å². The van der Waals surface area contributed by atoms with E-state index in [4.69, 9.17) is 0 Å². The van der Waals surface area contributed by atoms with Gasteiger partial charge in [0.25, 0.3) is 0 Å². The lowest BCUT2D eigenvalue weighted by atomic mass is 9.76. The van der Waals surface area contributed by atoms with Crippen LogP contribution in [0.2, 0.25) is 0 Å². The SMILES string of the molecule is C1NC2(CS1)CC1CCC(C1)C2. The molecule has 1 N–H and O–H groups in total. The van der Waals surface area contributed by atoms with Crippen LogP contribution in [0.1, 0.15) is 32.1 Å². The van der Waals surface area contributed by atoms with Crippen LogP contribution in [0, 0.1) is 11.8 Å². The molecular formula is C10H17NS. The van der Waals surface area contributed by atoms with E-state index < -0.39 is 0 Å². The number of thioether (sulfide) groups is 1. The van der Waals surface area contributed by atoms with Gasteiger partial charge in [0, 0.05) is 17.2 Å². The Morgan fingerprint density at radius 1 is 1.17 bits per heavy atom. The lowest BCUT2D eigenvalue weighted by Crippen LogP contribution is -2.46. The quantitative estimate of drug-likeness (QED) is 0.618. The maximum atomic E-state index is 3.74. The molecule has 2 atom stereocenters. The normalized spacial score (nSPS) is 52.0. The molecule has 1 aliphatic heterocycles. The zero-order valence-corrected chi connectivity index (χ0v) is 8.33. The predicted molar refractivity (Wildman–Crippen MR) is 53.3 cm³/mol. The summed E-state index contributed by atoms with van der Waals surface area (Å²) >= 11 is 2.10. The molecule has 3 rings (SSSR count). The van der Waals surface area contributed by atoms with Crippen molar-refractivity contribution >= 4 is 11.8 Å². The molecule has 3 fully saturated rings. The molecule has 2 saturated carbocycles. The van der Waals surface area contributed by atoms with Gasteiger partial charge in [-0.1, -0.05) is 12.8 Å². The Balaban J connectivity index is 1.80. The highest BCUT2D eigenvalue weighted by Gasteiger charge is 2.45. The largest absolute Gasteiger partial charge is 0.301 e. The van der Waals surface area contributed by atoms with Crippen LogP contribution in [0.3, 0.4) is 0 Å². The molecule has 1 nitrogen and oxygen atoms in total. The Morgan fingerprint density at radius 3 is 2.50 bits per heavy atom. The van der Waals surface area contributed by atoms with E-state index in [-0.39, 0.29) is 0 Å². The molecule has 0 aromatic carbocycles. The van der Waals surface area contributed by atoms with Gasteiger partial charge in [-0.3, -0.25) is 0 Å². The molecule has 3 aliphatic rings. The van der Waals surface area contributed by atoms with Gasteiger partial charge in [0.05, 0.1) is 0 Å². The fourth-order valence-electron chi connectivity index (χ4n) is 3.50. The van der Waals surface area contributed by atoms with Crippen molar-refractivity contribution in [2.75, 3.05) is 11.6 Å².